The molecule has 5 nitrogen and oxygen atoms in total. The molecule has 17 heavy (non-hydrogen) atoms. The van der Waals surface area contributed by atoms with Crippen LogP contribution in [0.15, 0.2) is 18.3 Å². The lowest BCUT2D eigenvalue weighted by Crippen LogP contribution is -2.34. The first-order valence-corrected chi connectivity index (χ1v) is 7.16. The van der Waals surface area contributed by atoms with Crippen LogP contribution in [-0.2, 0) is 10.0 Å². The summed E-state index contributed by atoms with van der Waals surface area (Å²) < 4.78 is 26.5. The van der Waals surface area contributed by atoms with Gasteiger partial charge in [-0.1, -0.05) is 6.92 Å². The van der Waals surface area contributed by atoms with Gasteiger partial charge in [0.2, 0.25) is 10.0 Å². The SMILES string of the molecule is CCNCC(C)S(=O)(=O)Nc1cccnc1C. The first-order valence-electron chi connectivity index (χ1n) is 5.61. The maximum absolute atomic E-state index is 12.0. The molecule has 96 valence electrons. The molecule has 0 aliphatic rings. The number of hydrogen-bond donors (Lipinski definition) is 2. The van der Waals surface area contributed by atoms with Gasteiger partial charge in [-0.2, -0.15) is 0 Å². The topological polar surface area (TPSA) is 71.1 Å². The van der Waals surface area contributed by atoms with E-state index in [-0.39, 0.29) is 0 Å². The number of anilines is 1. The summed E-state index contributed by atoms with van der Waals surface area (Å²) in [5.74, 6) is 0. The molecule has 0 amide bonds. The number of aryl methyl sites for hydroxylation is 1. The summed E-state index contributed by atoms with van der Waals surface area (Å²) in [5, 5.41) is 2.54. The van der Waals surface area contributed by atoms with Crippen LogP contribution < -0.4 is 10.0 Å². The van der Waals surface area contributed by atoms with Gasteiger partial charge in [-0.05, 0) is 32.5 Å². The van der Waals surface area contributed by atoms with E-state index in [0.29, 0.717) is 17.9 Å². The van der Waals surface area contributed by atoms with E-state index in [1.54, 1.807) is 32.2 Å². The van der Waals surface area contributed by atoms with Crippen molar-refractivity contribution in [1.82, 2.24) is 10.3 Å². The number of hydrogen-bond acceptors (Lipinski definition) is 4. The van der Waals surface area contributed by atoms with Gasteiger partial charge in [0.1, 0.15) is 0 Å². The number of nitrogens with zero attached hydrogens (tertiary/aromatic N) is 1. The van der Waals surface area contributed by atoms with Crippen molar-refractivity contribution in [2.24, 2.45) is 0 Å². The summed E-state index contributed by atoms with van der Waals surface area (Å²) >= 11 is 0. The molecule has 0 aliphatic carbocycles. The van der Waals surface area contributed by atoms with Crippen LogP contribution in [0.5, 0.6) is 0 Å². The zero-order valence-corrected chi connectivity index (χ0v) is 11.2. The summed E-state index contributed by atoms with van der Waals surface area (Å²) in [6.45, 7) is 6.58. The third-order valence-electron chi connectivity index (χ3n) is 2.47. The fourth-order valence-electron chi connectivity index (χ4n) is 1.30. The van der Waals surface area contributed by atoms with Gasteiger partial charge >= 0.3 is 0 Å². The average Bonchev–Trinajstić information content (AvgIpc) is 2.28. The molecule has 2 N–H and O–H groups in total. The summed E-state index contributed by atoms with van der Waals surface area (Å²) in [6.07, 6.45) is 1.63. The molecule has 0 spiro atoms. The minimum atomic E-state index is -3.36. The van der Waals surface area contributed by atoms with Gasteiger partial charge < -0.3 is 5.32 Å². The smallest absolute Gasteiger partial charge is 0.236 e. The second-order valence-corrected chi connectivity index (χ2v) is 6.00. The Hall–Kier alpha value is -1.14. The zero-order chi connectivity index (χ0) is 12.9. The normalized spacial score (nSPS) is 13.4. The molecule has 1 unspecified atom stereocenters. The number of pyridine rings is 1. The molecule has 1 atom stereocenters. The van der Waals surface area contributed by atoms with Crippen molar-refractivity contribution in [3.05, 3.63) is 24.0 Å². The third kappa shape index (κ3) is 3.98. The lowest BCUT2D eigenvalue weighted by atomic mass is 10.3. The number of rotatable bonds is 6. The molecule has 6 heteroatoms. The molecule has 0 bridgehead atoms. The van der Waals surface area contributed by atoms with E-state index in [1.165, 1.54) is 0 Å². The van der Waals surface area contributed by atoms with Gasteiger partial charge in [0.05, 0.1) is 16.6 Å². The van der Waals surface area contributed by atoms with Crippen molar-refractivity contribution in [2.75, 3.05) is 17.8 Å². The highest BCUT2D eigenvalue weighted by Gasteiger charge is 2.20. The van der Waals surface area contributed by atoms with Crippen LogP contribution in [-0.4, -0.2) is 31.7 Å². The van der Waals surface area contributed by atoms with Crippen molar-refractivity contribution in [1.29, 1.82) is 0 Å². The Kier molecular flexibility index (Phi) is 4.89. The Labute approximate surface area is 103 Å². The molecule has 1 rings (SSSR count). The van der Waals surface area contributed by atoms with Gasteiger partial charge in [-0.25, -0.2) is 8.42 Å². The van der Waals surface area contributed by atoms with Gasteiger partial charge in [-0.3, -0.25) is 9.71 Å². The first kappa shape index (κ1) is 13.9. The summed E-state index contributed by atoms with van der Waals surface area (Å²) in [7, 11) is -3.36. The van der Waals surface area contributed by atoms with E-state index >= 15 is 0 Å². The molecule has 0 saturated carbocycles. The fraction of sp³-hybridized carbons (Fsp3) is 0.545. The zero-order valence-electron chi connectivity index (χ0n) is 10.4. The van der Waals surface area contributed by atoms with Crippen molar-refractivity contribution in [3.8, 4) is 0 Å². The first-order chi connectivity index (χ1) is 7.97. The van der Waals surface area contributed by atoms with Gasteiger partial charge in [0.15, 0.2) is 0 Å². The van der Waals surface area contributed by atoms with E-state index in [2.05, 4.69) is 15.0 Å². The van der Waals surface area contributed by atoms with E-state index in [1.807, 2.05) is 6.92 Å². The van der Waals surface area contributed by atoms with E-state index < -0.39 is 15.3 Å². The highest BCUT2D eigenvalue weighted by Crippen LogP contribution is 2.14. The van der Waals surface area contributed by atoms with E-state index in [0.717, 1.165) is 6.54 Å². The molecule has 0 saturated heterocycles. The second-order valence-electron chi connectivity index (χ2n) is 3.90. The van der Waals surface area contributed by atoms with Crippen LogP contribution in [0.25, 0.3) is 0 Å². The summed E-state index contributed by atoms with van der Waals surface area (Å²) in [4.78, 5) is 4.04. The van der Waals surface area contributed by atoms with Gasteiger partial charge in [0, 0.05) is 12.7 Å². The molecular formula is C11H19N3O2S. The number of sulfonamides is 1. The maximum atomic E-state index is 12.0. The van der Waals surface area contributed by atoms with Crippen molar-refractivity contribution in [2.45, 2.75) is 26.0 Å². The lowest BCUT2D eigenvalue weighted by Gasteiger charge is -2.15. The molecule has 1 aromatic rings. The summed E-state index contributed by atoms with van der Waals surface area (Å²) in [5.41, 5.74) is 1.21. The van der Waals surface area contributed by atoms with Crippen LogP contribution in [0.3, 0.4) is 0 Å². The monoisotopic (exact) mass is 257 g/mol. The third-order valence-corrected chi connectivity index (χ3v) is 4.20. The summed E-state index contributed by atoms with van der Waals surface area (Å²) in [6, 6.07) is 3.42. The van der Waals surface area contributed by atoms with Crippen molar-refractivity contribution in [3.63, 3.8) is 0 Å². The highest BCUT2D eigenvalue weighted by atomic mass is 32.2. The Bertz CT molecular complexity index is 460. The van der Waals surface area contributed by atoms with Crippen LogP contribution in [0, 0.1) is 6.92 Å². The molecule has 0 radical (unpaired) electrons. The van der Waals surface area contributed by atoms with Crippen molar-refractivity contribution < 1.29 is 8.42 Å². The van der Waals surface area contributed by atoms with Crippen molar-refractivity contribution >= 4 is 15.7 Å². The lowest BCUT2D eigenvalue weighted by molar-refractivity contribution is 0.579. The van der Waals surface area contributed by atoms with Crippen LogP contribution in [0.2, 0.25) is 0 Å². The average molecular weight is 257 g/mol. The molecular weight excluding hydrogens is 238 g/mol. The largest absolute Gasteiger partial charge is 0.316 e. The standard InChI is InChI=1S/C11H19N3O2S/c1-4-12-8-9(2)17(15,16)14-11-6-5-7-13-10(11)3/h5-7,9,12,14H,4,8H2,1-3H3. The number of aromatic nitrogens is 1. The Morgan fingerprint density at radius 3 is 2.76 bits per heavy atom. The highest BCUT2D eigenvalue weighted by molar-refractivity contribution is 7.93. The minimum Gasteiger partial charge on any atom is -0.316 e. The second kappa shape index (κ2) is 5.97. The molecule has 1 aromatic heterocycles. The van der Waals surface area contributed by atoms with Crippen LogP contribution >= 0.6 is 0 Å². The molecule has 1 heterocycles. The van der Waals surface area contributed by atoms with Gasteiger partial charge in [0.25, 0.3) is 0 Å². The van der Waals surface area contributed by atoms with E-state index in [9.17, 15) is 8.42 Å². The Morgan fingerprint density at radius 1 is 1.47 bits per heavy atom. The molecule has 0 aliphatic heterocycles. The number of nitrogens with one attached hydrogen (secondary N) is 2. The van der Waals surface area contributed by atoms with Gasteiger partial charge in [-0.15, -0.1) is 0 Å². The quantitative estimate of drug-likeness (QED) is 0.801. The molecule has 0 aromatic carbocycles. The maximum Gasteiger partial charge on any atom is 0.236 e. The Morgan fingerprint density at radius 2 is 2.18 bits per heavy atom. The predicted molar refractivity (Wildman–Crippen MR) is 69.5 cm³/mol. The van der Waals surface area contributed by atoms with Crippen LogP contribution in [0.4, 0.5) is 5.69 Å². The Balaban J connectivity index is 2.76. The van der Waals surface area contributed by atoms with E-state index in [4.69, 9.17) is 0 Å². The predicted octanol–water partition coefficient (Wildman–Crippen LogP) is 1.13. The fourth-order valence-corrected chi connectivity index (χ4v) is 2.36. The minimum absolute atomic E-state index is 0.436. The van der Waals surface area contributed by atoms with Crippen LogP contribution in [0.1, 0.15) is 19.5 Å². The molecule has 0 fully saturated rings.